The molecule has 0 amide bonds. The number of benzene rings is 1. The summed E-state index contributed by atoms with van der Waals surface area (Å²) in [6.07, 6.45) is 5.32. The summed E-state index contributed by atoms with van der Waals surface area (Å²) >= 11 is 0. The van der Waals surface area contributed by atoms with Crippen LogP contribution in [0.3, 0.4) is 0 Å². The number of rotatable bonds is 9. The Morgan fingerprint density at radius 1 is 1.23 bits per heavy atom. The minimum Gasteiger partial charge on any atom is -0.493 e. The van der Waals surface area contributed by atoms with Crippen LogP contribution in [-0.2, 0) is 6.54 Å². The van der Waals surface area contributed by atoms with Gasteiger partial charge in [0, 0.05) is 31.7 Å². The molecule has 1 aromatic rings. The van der Waals surface area contributed by atoms with Crippen molar-refractivity contribution in [3.63, 3.8) is 0 Å². The van der Waals surface area contributed by atoms with Crippen molar-refractivity contribution >= 4 is 5.96 Å². The molecule has 0 spiro atoms. The number of aliphatic imine (C=N–C) groups is 1. The van der Waals surface area contributed by atoms with Gasteiger partial charge in [0.1, 0.15) is 5.75 Å². The van der Waals surface area contributed by atoms with Gasteiger partial charge in [0.2, 0.25) is 0 Å². The van der Waals surface area contributed by atoms with Crippen LogP contribution in [0.2, 0.25) is 0 Å². The predicted molar refractivity (Wildman–Crippen MR) is 108 cm³/mol. The quantitative estimate of drug-likeness (QED) is 0.526. The Balaban J connectivity index is 1.52. The third-order valence-electron chi connectivity index (χ3n) is 5.37. The number of hydrogen-bond acceptors (Lipinski definition) is 3. The summed E-state index contributed by atoms with van der Waals surface area (Å²) in [7, 11) is 6.16. The molecule has 26 heavy (non-hydrogen) atoms. The van der Waals surface area contributed by atoms with Gasteiger partial charge in [-0.05, 0) is 70.2 Å². The van der Waals surface area contributed by atoms with E-state index < -0.39 is 0 Å². The Hall–Kier alpha value is -1.75. The largest absolute Gasteiger partial charge is 0.493 e. The number of guanidine groups is 1. The monoisotopic (exact) mass is 358 g/mol. The number of hydrogen-bond donors (Lipinski definition) is 2. The normalized spacial score (nSPS) is 18.7. The van der Waals surface area contributed by atoms with Crippen molar-refractivity contribution in [3.8, 4) is 5.75 Å². The highest BCUT2D eigenvalue weighted by Crippen LogP contribution is 2.34. The van der Waals surface area contributed by atoms with E-state index in [0.717, 1.165) is 43.2 Å². The van der Waals surface area contributed by atoms with Crippen LogP contribution in [0, 0.1) is 18.8 Å². The van der Waals surface area contributed by atoms with Crippen molar-refractivity contribution in [1.82, 2.24) is 15.5 Å². The first-order chi connectivity index (χ1) is 12.6. The third-order valence-corrected chi connectivity index (χ3v) is 5.37. The Bertz CT molecular complexity index is 618. The molecule has 5 nitrogen and oxygen atoms in total. The Labute approximate surface area is 158 Å². The first-order valence-corrected chi connectivity index (χ1v) is 9.90. The van der Waals surface area contributed by atoms with Gasteiger partial charge < -0.3 is 20.3 Å². The van der Waals surface area contributed by atoms with Gasteiger partial charge in [-0.1, -0.05) is 12.1 Å². The molecule has 5 heteroatoms. The van der Waals surface area contributed by atoms with Gasteiger partial charge in [-0.2, -0.15) is 0 Å². The van der Waals surface area contributed by atoms with E-state index in [1.54, 1.807) is 0 Å². The number of ether oxygens (including phenoxy) is 1. The topological polar surface area (TPSA) is 48.9 Å². The number of likely N-dealkylation sites (N-methyl/N-ethyl adjacent to an activating group) is 1. The molecule has 0 bridgehead atoms. The molecule has 2 saturated carbocycles. The van der Waals surface area contributed by atoms with Crippen LogP contribution in [0.5, 0.6) is 5.75 Å². The second kappa shape index (κ2) is 8.76. The molecule has 0 saturated heterocycles. The highest BCUT2D eigenvalue weighted by atomic mass is 16.5. The maximum absolute atomic E-state index is 6.07. The molecule has 1 atom stereocenters. The maximum atomic E-state index is 6.07. The number of nitrogens with zero attached hydrogens (tertiary/aromatic N) is 2. The van der Waals surface area contributed by atoms with Gasteiger partial charge in [-0.15, -0.1) is 0 Å². The minimum absolute atomic E-state index is 0.574. The molecule has 2 N–H and O–H groups in total. The fourth-order valence-corrected chi connectivity index (χ4v) is 3.29. The fraction of sp³-hybridized carbons (Fsp3) is 0.667. The maximum Gasteiger partial charge on any atom is 0.191 e. The molecule has 2 aliphatic rings. The molecule has 0 aliphatic heterocycles. The first-order valence-electron chi connectivity index (χ1n) is 9.90. The van der Waals surface area contributed by atoms with Gasteiger partial charge >= 0.3 is 0 Å². The third kappa shape index (κ3) is 5.63. The zero-order valence-electron chi connectivity index (χ0n) is 16.7. The van der Waals surface area contributed by atoms with Crippen LogP contribution in [0.1, 0.15) is 36.8 Å². The smallest absolute Gasteiger partial charge is 0.191 e. The molecule has 0 heterocycles. The van der Waals surface area contributed by atoms with Crippen LogP contribution in [0.25, 0.3) is 0 Å². The second-order valence-electron chi connectivity index (χ2n) is 8.04. The van der Waals surface area contributed by atoms with Crippen LogP contribution in [0.15, 0.2) is 23.2 Å². The zero-order valence-corrected chi connectivity index (χ0v) is 16.7. The number of aryl methyl sites for hydroxylation is 1. The van der Waals surface area contributed by atoms with Crippen molar-refractivity contribution in [2.75, 3.05) is 34.3 Å². The number of nitrogens with one attached hydrogen (secondary N) is 2. The zero-order chi connectivity index (χ0) is 18.5. The average molecular weight is 359 g/mol. The average Bonchev–Trinajstić information content (AvgIpc) is 3.51. The van der Waals surface area contributed by atoms with E-state index in [1.807, 2.05) is 7.05 Å². The summed E-state index contributed by atoms with van der Waals surface area (Å²) in [6, 6.07) is 7.02. The molecule has 3 rings (SSSR count). The predicted octanol–water partition coefficient (Wildman–Crippen LogP) is 2.79. The van der Waals surface area contributed by atoms with Crippen LogP contribution >= 0.6 is 0 Å². The Kier molecular flexibility index (Phi) is 6.41. The van der Waals surface area contributed by atoms with E-state index in [4.69, 9.17) is 4.74 Å². The standard InChI is InChI=1S/C21H34N4O/c1-15-5-8-18(20(11-15)26-14-16-6-7-16)12-23-21(22-2)24-13-19(25(3)4)17-9-10-17/h5,8,11,16-17,19H,6-7,9-10,12-14H2,1-4H3,(H2,22,23,24). The Morgan fingerprint density at radius 2 is 2.00 bits per heavy atom. The molecule has 0 aromatic heterocycles. The van der Waals surface area contributed by atoms with Gasteiger partial charge in [0.25, 0.3) is 0 Å². The van der Waals surface area contributed by atoms with Crippen LogP contribution in [0.4, 0.5) is 0 Å². The van der Waals surface area contributed by atoms with Crippen molar-refractivity contribution < 1.29 is 4.74 Å². The van der Waals surface area contributed by atoms with E-state index in [2.05, 4.69) is 59.7 Å². The van der Waals surface area contributed by atoms with Gasteiger partial charge in [0.15, 0.2) is 5.96 Å². The lowest BCUT2D eigenvalue weighted by Gasteiger charge is -2.25. The van der Waals surface area contributed by atoms with E-state index in [1.165, 1.54) is 36.8 Å². The lowest BCUT2D eigenvalue weighted by molar-refractivity contribution is 0.264. The molecule has 0 radical (unpaired) electrons. The van der Waals surface area contributed by atoms with Gasteiger partial charge in [-0.25, -0.2) is 0 Å². The lowest BCUT2D eigenvalue weighted by atomic mass is 10.1. The van der Waals surface area contributed by atoms with Crippen molar-refractivity contribution in [1.29, 1.82) is 0 Å². The first kappa shape index (κ1) is 19.0. The summed E-state index contributed by atoms with van der Waals surface area (Å²) in [4.78, 5) is 6.70. The summed E-state index contributed by atoms with van der Waals surface area (Å²) < 4.78 is 6.07. The lowest BCUT2D eigenvalue weighted by Crippen LogP contribution is -2.45. The molecule has 2 aliphatic carbocycles. The molecule has 1 unspecified atom stereocenters. The minimum atomic E-state index is 0.574. The van der Waals surface area contributed by atoms with Gasteiger partial charge in [0.05, 0.1) is 6.61 Å². The molecular weight excluding hydrogens is 324 g/mol. The van der Waals surface area contributed by atoms with Gasteiger partial charge in [-0.3, -0.25) is 4.99 Å². The highest BCUT2D eigenvalue weighted by Gasteiger charge is 2.32. The summed E-state index contributed by atoms with van der Waals surface area (Å²) in [5, 5.41) is 6.93. The van der Waals surface area contributed by atoms with Crippen molar-refractivity contribution in [3.05, 3.63) is 29.3 Å². The van der Waals surface area contributed by atoms with Crippen molar-refractivity contribution in [2.24, 2.45) is 16.8 Å². The SMILES string of the molecule is CN=C(NCc1ccc(C)cc1OCC1CC1)NCC(C1CC1)N(C)C. The van der Waals surface area contributed by atoms with Crippen LogP contribution < -0.4 is 15.4 Å². The molecule has 2 fully saturated rings. The summed E-state index contributed by atoms with van der Waals surface area (Å²) in [5.41, 5.74) is 2.42. The summed E-state index contributed by atoms with van der Waals surface area (Å²) in [5.74, 6) is 3.45. The van der Waals surface area contributed by atoms with Crippen LogP contribution in [-0.4, -0.2) is 51.2 Å². The molecular formula is C21H34N4O. The molecule has 1 aromatic carbocycles. The van der Waals surface area contributed by atoms with E-state index >= 15 is 0 Å². The second-order valence-corrected chi connectivity index (χ2v) is 8.04. The fourth-order valence-electron chi connectivity index (χ4n) is 3.29. The molecule has 144 valence electrons. The Morgan fingerprint density at radius 3 is 2.62 bits per heavy atom. The van der Waals surface area contributed by atoms with E-state index in [0.29, 0.717) is 6.04 Å². The summed E-state index contributed by atoms with van der Waals surface area (Å²) in [6.45, 7) is 4.60. The van der Waals surface area contributed by atoms with Crippen molar-refractivity contribution in [2.45, 2.75) is 45.2 Å². The van der Waals surface area contributed by atoms with E-state index in [-0.39, 0.29) is 0 Å². The van der Waals surface area contributed by atoms with E-state index in [9.17, 15) is 0 Å². The highest BCUT2D eigenvalue weighted by molar-refractivity contribution is 5.79.